The Morgan fingerprint density at radius 2 is 1.90 bits per heavy atom. The minimum Gasteiger partial charge on any atom is -0.398 e. The maximum absolute atomic E-state index is 12.1. The lowest BCUT2D eigenvalue weighted by molar-refractivity contribution is -0.149. The van der Waals surface area contributed by atoms with Crippen LogP contribution < -0.4 is 10.6 Å². The Morgan fingerprint density at radius 1 is 1.19 bits per heavy atom. The van der Waals surface area contributed by atoms with Gasteiger partial charge in [-0.3, -0.25) is 14.4 Å². The van der Waals surface area contributed by atoms with Crippen LogP contribution in [0, 0.1) is 24.7 Å². The molecule has 7 rings (SSSR count). The fourth-order valence-corrected chi connectivity index (χ4v) is 8.50. The van der Waals surface area contributed by atoms with E-state index in [1.54, 1.807) is 0 Å². The Hall–Kier alpha value is -2.88. The highest BCUT2D eigenvalue weighted by atomic mass is 35.5. The molecule has 2 aromatic rings. The Morgan fingerprint density at radius 3 is 2.50 bits per heavy atom. The number of nitrogens with zero attached hydrogens (tertiary/aromatic N) is 5. The van der Waals surface area contributed by atoms with E-state index in [9.17, 15) is 9.90 Å². The van der Waals surface area contributed by atoms with Crippen molar-refractivity contribution >= 4 is 35.2 Å². The summed E-state index contributed by atoms with van der Waals surface area (Å²) in [6.45, 7) is 12.7. The quantitative estimate of drug-likeness (QED) is 0.251. The van der Waals surface area contributed by atoms with Crippen molar-refractivity contribution in [3.63, 3.8) is 0 Å². The molecule has 10 heteroatoms. The molecule has 224 valence electrons. The number of halogens is 1. The highest BCUT2D eigenvalue weighted by Gasteiger charge is 2.55. The number of amides is 1. The topological polar surface area (TPSA) is 115 Å². The molecule has 2 saturated heterocycles. The van der Waals surface area contributed by atoms with Gasteiger partial charge in [0.05, 0.1) is 22.2 Å². The highest BCUT2D eigenvalue weighted by molar-refractivity contribution is 6.35. The Balaban J connectivity index is 1.28. The molecule has 1 amide bonds. The van der Waals surface area contributed by atoms with Gasteiger partial charge in [-0.15, -0.1) is 0 Å². The Labute approximate surface area is 252 Å². The summed E-state index contributed by atoms with van der Waals surface area (Å²) < 4.78 is 2.20. The van der Waals surface area contributed by atoms with Crippen LogP contribution in [0.15, 0.2) is 18.7 Å². The van der Waals surface area contributed by atoms with Gasteiger partial charge in [0.25, 0.3) is 0 Å². The van der Waals surface area contributed by atoms with E-state index in [4.69, 9.17) is 27.8 Å². The molecule has 4 N–H and O–H groups in total. The van der Waals surface area contributed by atoms with Crippen LogP contribution in [0.3, 0.4) is 0 Å². The molecule has 0 radical (unpaired) electrons. The van der Waals surface area contributed by atoms with Gasteiger partial charge in [0.2, 0.25) is 5.91 Å². The first kappa shape index (κ1) is 27.9. The molecule has 3 aliphatic carbocycles. The molecular formula is C32H42ClN7O2. The normalized spacial score (nSPS) is 23.8. The van der Waals surface area contributed by atoms with E-state index < -0.39 is 5.60 Å². The number of nitrogens with one attached hydrogen (secondary N) is 1. The SMILES string of the molecule is C=CC(=O)N1CC2(CC(n3nc(N4CCN(CC5(O)CC5)CC45CCC5)c(-c4c(Cl)c(C)cc(N)c4C=N)c3C)C2)C1. The maximum Gasteiger partial charge on any atom is 0.245 e. The molecule has 0 unspecified atom stereocenters. The van der Waals surface area contributed by atoms with Crippen LogP contribution in [0.25, 0.3) is 11.1 Å². The van der Waals surface area contributed by atoms with Crippen LogP contribution >= 0.6 is 11.6 Å². The number of aliphatic hydroxyl groups is 1. The number of nitrogens with two attached hydrogens (primary N) is 1. The third-order valence-electron chi connectivity index (χ3n) is 10.9. The molecule has 5 fully saturated rings. The third kappa shape index (κ3) is 4.22. The van der Waals surface area contributed by atoms with Gasteiger partial charge in [-0.05, 0) is 76.5 Å². The van der Waals surface area contributed by atoms with Gasteiger partial charge in [-0.1, -0.05) is 18.2 Å². The highest BCUT2D eigenvalue weighted by Crippen LogP contribution is 2.56. The summed E-state index contributed by atoms with van der Waals surface area (Å²) >= 11 is 7.07. The molecular weight excluding hydrogens is 550 g/mol. The van der Waals surface area contributed by atoms with Gasteiger partial charge in [-0.25, -0.2) is 0 Å². The van der Waals surface area contributed by atoms with Crippen molar-refractivity contribution in [1.82, 2.24) is 19.6 Å². The fraction of sp³-hybridized carbons (Fsp3) is 0.594. The summed E-state index contributed by atoms with van der Waals surface area (Å²) in [6.07, 6.45) is 9.84. The number of β-amino-alcohol motifs (C(OH)–C–C–N with tert-alkyl or cyclic N) is 1. The average molecular weight is 592 g/mol. The number of aromatic nitrogens is 2. The van der Waals surface area contributed by atoms with E-state index in [1.165, 1.54) is 18.7 Å². The van der Waals surface area contributed by atoms with Crippen molar-refractivity contribution in [1.29, 1.82) is 5.41 Å². The van der Waals surface area contributed by atoms with Gasteiger partial charge < -0.3 is 26.0 Å². The third-order valence-corrected chi connectivity index (χ3v) is 11.4. The zero-order chi connectivity index (χ0) is 29.6. The molecule has 5 aliphatic rings. The van der Waals surface area contributed by atoms with Crippen LogP contribution in [0.4, 0.5) is 11.5 Å². The first-order valence-electron chi connectivity index (χ1n) is 15.3. The monoisotopic (exact) mass is 591 g/mol. The van der Waals surface area contributed by atoms with Gasteiger partial charge in [-0.2, -0.15) is 5.10 Å². The van der Waals surface area contributed by atoms with Gasteiger partial charge in [0.15, 0.2) is 5.82 Å². The smallest absolute Gasteiger partial charge is 0.245 e. The van der Waals surface area contributed by atoms with Crippen molar-refractivity contribution in [3.8, 4) is 11.1 Å². The van der Waals surface area contributed by atoms with Gasteiger partial charge in [0.1, 0.15) is 0 Å². The molecule has 2 aliphatic heterocycles. The zero-order valence-electron chi connectivity index (χ0n) is 24.8. The number of piperazine rings is 1. The summed E-state index contributed by atoms with van der Waals surface area (Å²) in [5, 5.41) is 25.0. The molecule has 0 bridgehead atoms. The van der Waals surface area contributed by atoms with Crippen molar-refractivity contribution in [3.05, 3.63) is 40.6 Å². The number of carbonyl (C=O) groups is 1. The molecule has 42 heavy (non-hydrogen) atoms. The first-order valence-corrected chi connectivity index (χ1v) is 15.7. The number of hydrogen-bond donors (Lipinski definition) is 3. The number of rotatable bonds is 7. The predicted molar refractivity (Wildman–Crippen MR) is 166 cm³/mol. The molecule has 1 aromatic heterocycles. The molecule has 3 saturated carbocycles. The second-order valence-electron chi connectivity index (χ2n) is 13.9. The number of hydrogen-bond acceptors (Lipinski definition) is 7. The minimum atomic E-state index is -0.504. The number of anilines is 2. The molecule has 2 spiro atoms. The van der Waals surface area contributed by atoms with E-state index in [0.717, 1.165) is 106 Å². The van der Waals surface area contributed by atoms with E-state index in [2.05, 4.69) is 28.0 Å². The van der Waals surface area contributed by atoms with E-state index in [-0.39, 0.29) is 22.9 Å². The Bertz CT molecular complexity index is 1480. The van der Waals surface area contributed by atoms with Crippen molar-refractivity contribution < 1.29 is 9.90 Å². The number of carbonyl (C=O) groups excluding carboxylic acids is 1. The maximum atomic E-state index is 12.1. The van der Waals surface area contributed by atoms with Crippen molar-refractivity contribution in [2.24, 2.45) is 5.41 Å². The van der Waals surface area contributed by atoms with Crippen LogP contribution in [0.5, 0.6) is 0 Å². The van der Waals surface area contributed by atoms with Crippen molar-refractivity contribution in [2.45, 2.75) is 76.0 Å². The lowest BCUT2D eigenvalue weighted by Gasteiger charge is -2.59. The second-order valence-corrected chi connectivity index (χ2v) is 14.3. The molecule has 9 nitrogen and oxygen atoms in total. The summed E-state index contributed by atoms with van der Waals surface area (Å²) in [6, 6.07) is 2.09. The van der Waals surface area contributed by atoms with Gasteiger partial charge >= 0.3 is 0 Å². The lowest BCUT2D eigenvalue weighted by Crippen LogP contribution is -2.66. The van der Waals surface area contributed by atoms with E-state index >= 15 is 0 Å². The summed E-state index contributed by atoms with van der Waals surface area (Å²) in [7, 11) is 0. The number of likely N-dealkylation sites (tertiary alicyclic amines) is 1. The van der Waals surface area contributed by atoms with Gasteiger partial charge in [0, 0.05) is 79.0 Å². The first-order chi connectivity index (χ1) is 20.0. The second kappa shape index (κ2) is 9.56. The van der Waals surface area contributed by atoms with Crippen LogP contribution in [0.1, 0.15) is 67.8 Å². The van der Waals surface area contributed by atoms with Crippen molar-refractivity contribution in [2.75, 3.05) is 49.9 Å². The van der Waals surface area contributed by atoms with E-state index in [1.807, 2.05) is 17.9 Å². The summed E-state index contributed by atoms with van der Waals surface area (Å²) in [5.74, 6) is 0.943. The van der Waals surface area contributed by atoms with Crippen LogP contribution in [-0.2, 0) is 4.79 Å². The lowest BCUT2D eigenvalue weighted by atomic mass is 9.60. The average Bonchev–Trinajstić information content (AvgIpc) is 3.53. The fourth-order valence-electron chi connectivity index (χ4n) is 8.25. The largest absolute Gasteiger partial charge is 0.398 e. The zero-order valence-corrected chi connectivity index (χ0v) is 25.5. The minimum absolute atomic E-state index is 0.00788. The number of aryl methyl sites for hydroxylation is 1. The molecule has 3 heterocycles. The number of nitrogen functional groups attached to an aromatic ring is 1. The Kier molecular flexibility index (Phi) is 6.36. The summed E-state index contributed by atoms with van der Waals surface area (Å²) in [4.78, 5) is 18.9. The number of benzene rings is 1. The van der Waals surface area contributed by atoms with Crippen LogP contribution in [0.2, 0.25) is 5.02 Å². The molecule has 0 atom stereocenters. The van der Waals surface area contributed by atoms with E-state index in [0.29, 0.717) is 16.3 Å². The summed E-state index contributed by atoms with van der Waals surface area (Å²) in [5.41, 5.74) is 11.0. The molecule has 1 aromatic carbocycles. The predicted octanol–water partition coefficient (Wildman–Crippen LogP) is 4.32. The standard InChI is InChI=1S/C32H42ClN7O2/c1-4-25(41)38-16-30(17-38)13-22(14-30)40-21(3)26(27-23(15-34)24(35)12-20(2)28(27)33)29(36-40)39-11-10-37(19-32(42)8-9-32)18-31(39)6-5-7-31/h4,12,15,22,34,42H,1,5-11,13-14,16-19,35H2,2-3H3. The van der Waals surface area contributed by atoms with Crippen LogP contribution in [-0.4, -0.2) is 87.2 Å².